The van der Waals surface area contributed by atoms with Crippen molar-refractivity contribution in [1.29, 1.82) is 0 Å². The first-order valence-corrected chi connectivity index (χ1v) is 5.89. The zero-order valence-electron chi connectivity index (χ0n) is 10.3. The number of pyridine rings is 2. The van der Waals surface area contributed by atoms with Crippen molar-refractivity contribution in [2.24, 2.45) is 0 Å². The van der Waals surface area contributed by atoms with Crippen LogP contribution in [0.4, 0.5) is 4.39 Å². The summed E-state index contributed by atoms with van der Waals surface area (Å²) in [5.74, 6) is -0.338. The molecule has 0 bridgehead atoms. The van der Waals surface area contributed by atoms with Gasteiger partial charge in [0, 0.05) is 17.8 Å². The molecule has 0 saturated heterocycles. The van der Waals surface area contributed by atoms with E-state index < -0.39 is 0 Å². The minimum atomic E-state index is -0.338. The maximum Gasteiger partial charge on any atom is 0.191 e. The van der Waals surface area contributed by atoms with E-state index in [0.29, 0.717) is 22.3 Å². The third kappa shape index (κ3) is 2.12. The van der Waals surface area contributed by atoms with Crippen molar-refractivity contribution in [3.8, 4) is 11.3 Å². The Labute approximate surface area is 108 Å². The maximum atomic E-state index is 13.2. The lowest BCUT2D eigenvalue weighted by Gasteiger charge is -2.04. The van der Waals surface area contributed by atoms with Gasteiger partial charge in [0.15, 0.2) is 5.43 Å². The smallest absolute Gasteiger partial charge is 0.191 e. The van der Waals surface area contributed by atoms with Gasteiger partial charge in [-0.05, 0) is 30.7 Å². The minimum Gasteiger partial charge on any atom is -0.339 e. The predicted molar refractivity (Wildman–Crippen MR) is 72.5 cm³/mol. The second kappa shape index (κ2) is 4.31. The van der Waals surface area contributed by atoms with Crippen molar-refractivity contribution in [3.05, 3.63) is 64.2 Å². The number of nitrogens with zero attached hydrogens (tertiary/aromatic N) is 1. The van der Waals surface area contributed by atoms with Gasteiger partial charge in [-0.2, -0.15) is 0 Å². The first-order chi connectivity index (χ1) is 9.13. The van der Waals surface area contributed by atoms with E-state index in [1.165, 1.54) is 18.2 Å². The fraction of sp³-hybridized carbons (Fsp3) is 0.0667. The standard InChI is InChI=1S/C15H11FN2O/c1-9-5-12-14(19)7-13(18-15(12)17-8-9)10-3-2-4-11(16)6-10/h2-8H,1H3,(H,17,18,19). The van der Waals surface area contributed by atoms with Crippen molar-refractivity contribution >= 4 is 11.0 Å². The van der Waals surface area contributed by atoms with Crippen LogP contribution in [0, 0.1) is 12.7 Å². The molecule has 4 heteroatoms. The molecule has 1 N–H and O–H groups in total. The first-order valence-electron chi connectivity index (χ1n) is 5.89. The van der Waals surface area contributed by atoms with Crippen LogP contribution in [0.1, 0.15) is 5.56 Å². The van der Waals surface area contributed by atoms with E-state index in [0.717, 1.165) is 5.56 Å². The average Bonchev–Trinajstić information content (AvgIpc) is 2.39. The van der Waals surface area contributed by atoms with Crippen LogP contribution in [0.5, 0.6) is 0 Å². The number of hydrogen-bond acceptors (Lipinski definition) is 2. The molecular formula is C15H11FN2O. The Bertz CT molecular complexity index is 824. The number of hydrogen-bond donors (Lipinski definition) is 1. The Balaban J connectivity index is 2.27. The Hall–Kier alpha value is -2.49. The van der Waals surface area contributed by atoms with E-state index in [4.69, 9.17) is 0 Å². The van der Waals surface area contributed by atoms with E-state index in [2.05, 4.69) is 9.97 Å². The summed E-state index contributed by atoms with van der Waals surface area (Å²) in [6, 6.07) is 9.36. The molecular weight excluding hydrogens is 243 g/mol. The topological polar surface area (TPSA) is 45.8 Å². The Morgan fingerprint density at radius 3 is 2.84 bits per heavy atom. The van der Waals surface area contributed by atoms with Crippen LogP contribution < -0.4 is 5.43 Å². The molecule has 94 valence electrons. The summed E-state index contributed by atoms with van der Waals surface area (Å²) in [5, 5.41) is 0.542. The molecule has 1 aromatic carbocycles. The van der Waals surface area contributed by atoms with E-state index in [1.807, 2.05) is 6.92 Å². The highest BCUT2D eigenvalue weighted by atomic mass is 19.1. The van der Waals surface area contributed by atoms with Crippen molar-refractivity contribution in [2.75, 3.05) is 0 Å². The number of benzene rings is 1. The first kappa shape index (κ1) is 11.6. The number of aromatic nitrogens is 2. The Kier molecular flexibility index (Phi) is 2.63. The molecule has 0 aliphatic heterocycles. The molecule has 3 rings (SSSR count). The lowest BCUT2D eigenvalue weighted by atomic mass is 10.1. The third-order valence-electron chi connectivity index (χ3n) is 2.95. The van der Waals surface area contributed by atoms with Gasteiger partial charge in [0.05, 0.1) is 11.1 Å². The summed E-state index contributed by atoms with van der Waals surface area (Å²) < 4.78 is 13.2. The predicted octanol–water partition coefficient (Wildman–Crippen LogP) is 3.04. The number of aryl methyl sites for hydroxylation is 1. The van der Waals surface area contributed by atoms with E-state index in [9.17, 15) is 9.18 Å². The molecule has 0 aliphatic carbocycles. The van der Waals surface area contributed by atoms with Crippen LogP contribution >= 0.6 is 0 Å². The highest BCUT2D eigenvalue weighted by Crippen LogP contribution is 2.18. The summed E-state index contributed by atoms with van der Waals surface area (Å²) in [6.07, 6.45) is 1.69. The molecule has 0 aliphatic rings. The average molecular weight is 254 g/mol. The summed E-state index contributed by atoms with van der Waals surface area (Å²) in [6.45, 7) is 1.88. The highest BCUT2D eigenvalue weighted by Gasteiger charge is 2.06. The van der Waals surface area contributed by atoms with Crippen LogP contribution in [0.25, 0.3) is 22.3 Å². The second-order valence-electron chi connectivity index (χ2n) is 4.47. The second-order valence-corrected chi connectivity index (χ2v) is 4.47. The fourth-order valence-electron chi connectivity index (χ4n) is 2.04. The van der Waals surface area contributed by atoms with E-state index >= 15 is 0 Å². The molecule has 0 spiro atoms. The molecule has 2 aromatic heterocycles. The monoisotopic (exact) mass is 254 g/mol. The highest BCUT2D eigenvalue weighted by molar-refractivity contribution is 5.78. The molecule has 19 heavy (non-hydrogen) atoms. The van der Waals surface area contributed by atoms with Gasteiger partial charge in [0.25, 0.3) is 0 Å². The van der Waals surface area contributed by atoms with Gasteiger partial charge in [-0.3, -0.25) is 4.79 Å². The molecule has 2 heterocycles. The van der Waals surface area contributed by atoms with Crippen LogP contribution in [0.3, 0.4) is 0 Å². The molecule has 0 unspecified atom stereocenters. The zero-order valence-corrected chi connectivity index (χ0v) is 10.3. The van der Waals surface area contributed by atoms with Crippen molar-refractivity contribution < 1.29 is 4.39 Å². The van der Waals surface area contributed by atoms with Crippen molar-refractivity contribution in [2.45, 2.75) is 6.92 Å². The van der Waals surface area contributed by atoms with Crippen LogP contribution in [-0.2, 0) is 0 Å². The SMILES string of the molecule is Cc1cnc2[nH]c(-c3cccc(F)c3)cc(=O)c2c1. The summed E-state index contributed by atoms with van der Waals surface area (Å²) in [4.78, 5) is 19.3. The number of nitrogens with one attached hydrogen (secondary N) is 1. The number of H-pyrrole nitrogens is 1. The molecule has 0 fully saturated rings. The van der Waals surface area contributed by atoms with Gasteiger partial charge in [-0.25, -0.2) is 9.37 Å². The van der Waals surface area contributed by atoms with Gasteiger partial charge < -0.3 is 4.98 Å². The van der Waals surface area contributed by atoms with Crippen molar-refractivity contribution in [1.82, 2.24) is 9.97 Å². The van der Waals surface area contributed by atoms with Crippen LogP contribution in [-0.4, -0.2) is 9.97 Å². The van der Waals surface area contributed by atoms with Crippen LogP contribution in [0.2, 0.25) is 0 Å². The van der Waals surface area contributed by atoms with Gasteiger partial charge in [0.1, 0.15) is 11.5 Å². The molecule has 3 aromatic rings. The minimum absolute atomic E-state index is 0.121. The van der Waals surface area contributed by atoms with Gasteiger partial charge >= 0.3 is 0 Å². The third-order valence-corrected chi connectivity index (χ3v) is 2.95. The van der Waals surface area contributed by atoms with Crippen molar-refractivity contribution in [3.63, 3.8) is 0 Å². The van der Waals surface area contributed by atoms with Crippen LogP contribution in [0.15, 0.2) is 47.4 Å². The van der Waals surface area contributed by atoms with Gasteiger partial charge in [-0.1, -0.05) is 12.1 Å². The zero-order chi connectivity index (χ0) is 13.4. The summed E-state index contributed by atoms with van der Waals surface area (Å²) in [7, 11) is 0. The molecule has 0 saturated carbocycles. The molecule has 0 atom stereocenters. The number of aromatic amines is 1. The quantitative estimate of drug-likeness (QED) is 0.725. The number of rotatable bonds is 1. The fourth-order valence-corrected chi connectivity index (χ4v) is 2.04. The summed E-state index contributed by atoms with van der Waals surface area (Å²) >= 11 is 0. The van der Waals surface area contributed by atoms with Gasteiger partial charge in [0.2, 0.25) is 0 Å². The molecule has 0 amide bonds. The molecule has 0 radical (unpaired) electrons. The van der Waals surface area contributed by atoms with E-state index in [-0.39, 0.29) is 11.2 Å². The Morgan fingerprint density at radius 1 is 1.21 bits per heavy atom. The Morgan fingerprint density at radius 2 is 2.05 bits per heavy atom. The summed E-state index contributed by atoms with van der Waals surface area (Å²) in [5.41, 5.74) is 2.51. The largest absolute Gasteiger partial charge is 0.339 e. The van der Waals surface area contributed by atoms with E-state index in [1.54, 1.807) is 24.4 Å². The maximum absolute atomic E-state index is 13.2. The lowest BCUT2D eigenvalue weighted by molar-refractivity contribution is 0.628. The lowest BCUT2D eigenvalue weighted by Crippen LogP contribution is -2.04. The van der Waals surface area contributed by atoms with Gasteiger partial charge in [-0.15, -0.1) is 0 Å². The number of halogens is 1. The normalized spacial score (nSPS) is 10.8. The molecule has 3 nitrogen and oxygen atoms in total. The number of fused-ring (bicyclic) bond motifs is 1.